The molecule has 2 aromatic heterocycles. The molecule has 0 saturated carbocycles. The molecule has 1 aromatic carbocycles. The third-order valence-corrected chi connectivity index (χ3v) is 4.85. The Balaban J connectivity index is 1.56. The molecule has 0 unspecified atom stereocenters. The Morgan fingerprint density at radius 1 is 1.34 bits per heavy atom. The molecule has 0 radical (unpaired) electrons. The third-order valence-electron chi connectivity index (χ3n) is 4.85. The van der Waals surface area contributed by atoms with Crippen molar-refractivity contribution in [3.8, 4) is 5.75 Å². The molecule has 0 bridgehead atoms. The molecule has 1 N–H and O–H groups in total. The minimum Gasteiger partial charge on any atom is -0.494 e. The fourth-order valence-corrected chi connectivity index (χ4v) is 3.43. The van der Waals surface area contributed by atoms with E-state index in [-0.39, 0.29) is 17.5 Å². The summed E-state index contributed by atoms with van der Waals surface area (Å²) in [5.74, 6) is -1.13. The maximum atomic E-state index is 12.9. The zero-order valence-electron chi connectivity index (χ0n) is 17.6. The van der Waals surface area contributed by atoms with Crippen LogP contribution in [-0.4, -0.2) is 46.3 Å². The molecule has 32 heavy (non-hydrogen) atoms. The van der Waals surface area contributed by atoms with E-state index in [0.717, 1.165) is 12.1 Å². The molecule has 11 heteroatoms. The quantitative estimate of drug-likeness (QED) is 0.635. The average Bonchev–Trinajstić information content (AvgIpc) is 3.27. The minimum atomic E-state index is -4.65. The molecule has 1 amide bonds. The van der Waals surface area contributed by atoms with Crippen molar-refractivity contribution in [2.45, 2.75) is 38.5 Å². The monoisotopic (exact) mass is 450 g/mol. The lowest BCUT2D eigenvalue weighted by Crippen LogP contribution is -2.24. The van der Waals surface area contributed by atoms with Gasteiger partial charge in [-0.15, -0.1) is 0 Å². The molecular weight excluding hydrogens is 429 g/mol. The van der Waals surface area contributed by atoms with Crippen molar-refractivity contribution in [3.05, 3.63) is 47.9 Å². The first kappa shape index (κ1) is 22.0. The van der Waals surface area contributed by atoms with E-state index in [2.05, 4.69) is 15.4 Å². The molecule has 170 valence electrons. The van der Waals surface area contributed by atoms with Crippen molar-refractivity contribution >= 4 is 22.5 Å². The molecule has 4 rings (SSSR count). The number of pyridine rings is 1. The first-order valence-electron chi connectivity index (χ1n) is 9.77. The number of carbonyl (C=O) groups excluding carboxylic acids is 1. The topological polar surface area (TPSA) is 87.5 Å². The predicted molar refractivity (Wildman–Crippen MR) is 108 cm³/mol. The summed E-state index contributed by atoms with van der Waals surface area (Å²) in [5.41, 5.74) is -0.602. The number of fused-ring (bicyclic) bond motifs is 1. The number of rotatable bonds is 5. The third kappa shape index (κ3) is 4.68. The van der Waals surface area contributed by atoms with Crippen molar-refractivity contribution < 1.29 is 32.2 Å². The number of methoxy groups -OCH3 is 1. The van der Waals surface area contributed by atoms with Gasteiger partial charge in [0.1, 0.15) is 23.2 Å². The summed E-state index contributed by atoms with van der Waals surface area (Å²) < 4.78 is 57.1. The van der Waals surface area contributed by atoms with Crippen LogP contribution in [-0.2, 0) is 22.2 Å². The molecule has 1 saturated heterocycles. The lowest BCUT2D eigenvalue weighted by molar-refractivity contribution is -0.141. The Hall–Kier alpha value is -3.18. The number of alkyl halides is 3. The lowest BCUT2D eigenvalue weighted by Gasteiger charge is -2.16. The molecule has 1 fully saturated rings. The van der Waals surface area contributed by atoms with Crippen LogP contribution in [0.5, 0.6) is 5.75 Å². The first-order chi connectivity index (χ1) is 15.0. The number of hydrogen-bond donors (Lipinski definition) is 1. The Morgan fingerprint density at radius 2 is 2.12 bits per heavy atom. The zero-order valence-corrected chi connectivity index (χ0v) is 17.6. The van der Waals surface area contributed by atoms with Crippen molar-refractivity contribution in [2.75, 3.05) is 19.0 Å². The molecule has 3 heterocycles. The van der Waals surface area contributed by atoms with Gasteiger partial charge in [0.05, 0.1) is 31.5 Å². The second-order valence-corrected chi connectivity index (χ2v) is 7.77. The molecule has 0 aliphatic carbocycles. The summed E-state index contributed by atoms with van der Waals surface area (Å²) in [6, 6.07) is 6.41. The number of hydrogen-bond acceptors (Lipinski definition) is 6. The zero-order chi connectivity index (χ0) is 23.1. The molecular formula is C21H21F3N4O4. The van der Waals surface area contributed by atoms with Crippen LogP contribution in [0.1, 0.15) is 30.0 Å². The van der Waals surface area contributed by atoms with Crippen LogP contribution in [0, 0.1) is 0 Å². The van der Waals surface area contributed by atoms with Gasteiger partial charge in [0.25, 0.3) is 5.91 Å². The standard InChI is InChI=1S/C21H21F3N4O4/c1-20(2)31-11-13(32-20)10-28-9-12-7-16(17(30-3)8-15(12)27-28)26-19(29)14-5-4-6-18(25-14)21(22,23)24/h4-9,13H,10-11H2,1-3H3,(H,26,29)/t13-/m0/s1. The highest BCUT2D eigenvalue weighted by Crippen LogP contribution is 2.31. The van der Waals surface area contributed by atoms with Gasteiger partial charge in [-0.25, -0.2) is 4.98 Å². The van der Waals surface area contributed by atoms with Gasteiger partial charge in [0, 0.05) is 17.6 Å². The normalized spacial score (nSPS) is 18.1. The van der Waals surface area contributed by atoms with Crippen LogP contribution in [0.4, 0.5) is 18.9 Å². The Kier molecular flexibility index (Phi) is 5.55. The van der Waals surface area contributed by atoms with E-state index < -0.39 is 23.6 Å². The van der Waals surface area contributed by atoms with Crippen LogP contribution in [0.15, 0.2) is 36.5 Å². The highest BCUT2D eigenvalue weighted by Gasteiger charge is 2.34. The number of nitrogens with zero attached hydrogens (tertiary/aromatic N) is 3. The van der Waals surface area contributed by atoms with Crippen LogP contribution in [0.2, 0.25) is 0 Å². The largest absolute Gasteiger partial charge is 0.494 e. The molecule has 1 aliphatic rings. The summed E-state index contributed by atoms with van der Waals surface area (Å²) >= 11 is 0. The maximum absolute atomic E-state index is 12.9. The summed E-state index contributed by atoms with van der Waals surface area (Å²) in [4.78, 5) is 16.0. The molecule has 1 atom stereocenters. The number of halogens is 3. The summed E-state index contributed by atoms with van der Waals surface area (Å²) in [7, 11) is 1.42. The van der Waals surface area contributed by atoms with Crippen LogP contribution < -0.4 is 10.1 Å². The molecule has 3 aromatic rings. The molecule has 8 nitrogen and oxygen atoms in total. The van der Waals surface area contributed by atoms with E-state index in [1.54, 1.807) is 23.0 Å². The van der Waals surface area contributed by atoms with Gasteiger partial charge in [0.15, 0.2) is 5.79 Å². The number of nitrogens with one attached hydrogen (secondary N) is 1. The Bertz CT molecular complexity index is 1160. The van der Waals surface area contributed by atoms with Gasteiger partial charge < -0.3 is 19.5 Å². The van der Waals surface area contributed by atoms with E-state index in [1.807, 2.05) is 13.8 Å². The van der Waals surface area contributed by atoms with Crippen molar-refractivity contribution in [2.24, 2.45) is 0 Å². The maximum Gasteiger partial charge on any atom is 0.433 e. The van der Waals surface area contributed by atoms with E-state index in [1.165, 1.54) is 13.2 Å². The smallest absolute Gasteiger partial charge is 0.433 e. The summed E-state index contributed by atoms with van der Waals surface area (Å²) in [6.45, 7) is 4.59. The molecule has 0 spiro atoms. The number of anilines is 1. The van der Waals surface area contributed by atoms with Crippen LogP contribution in [0.3, 0.4) is 0 Å². The second-order valence-electron chi connectivity index (χ2n) is 7.77. The van der Waals surface area contributed by atoms with Gasteiger partial charge in [-0.05, 0) is 32.0 Å². The van der Waals surface area contributed by atoms with E-state index in [9.17, 15) is 18.0 Å². The first-order valence-corrected chi connectivity index (χ1v) is 9.77. The van der Waals surface area contributed by atoms with E-state index >= 15 is 0 Å². The molecule has 1 aliphatic heterocycles. The van der Waals surface area contributed by atoms with Gasteiger partial charge in [0.2, 0.25) is 0 Å². The van der Waals surface area contributed by atoms with Crippen LogP contribution in [0.25, 0.3) is 10.9 Å². The lowest BCUT2D eigenvalue weighted by atomic mass is 10.2. The summed E-state index contributed by atoms with van der Waals surface area (Å²) in [5, 5.41) is 7.77. The number of carbonyl (C=O) groups is 1. The number of benzene rings is 1. The highest BCUT2D eigenvalue weighted by molar-refractivity contribution is 6.05. The predicted octanol–water partition coefficient (Wildman–Crippen LogP) is 3.86. The fraction of sp³-hybridized carbons (Fsp3) is 0.381. The van der Waals surface area contributed by atoms with Crippen LogP contribution >= 0.6 is 0 Å². The second kappa shape index (κ2) is 8.06. The minimum absolute atomic E-state index is 0.160. The van der Waals surface area contributed by atoms with Gasteiger partial charge >= 0.3 is 6.18 Å². The van der Waals surface area contributed by atoms with Gasteiger partial charge in [-0.2, -0.15) is 18.3 Å². The van der Waals surface area contributed by atoms with Crippen molar-refractivity contribution in [3.63, 3.8) is 0 Å². The number of aromatic nitrogens is 3. The van der Waals surface area contributed by atoms with Crippen molar-refractivity contribution in [1.82, 2.24) is 14.8 Å². The van der Waals surface area contributed by atoms with Gasteiger partial charge in [-0.1, -0.05) is 6.07 Å². The van der Waals surface area contributed by atoms with Crippen molar-refractivity contribution in [1.29, 1.82) is 0 Å². The number of ether oxygens (including phenoxy) is 3. The Labute approximate surface area is 181 Å². The fourth-order valence-electron chi connectivity index (χ4n) is 3.43. The summed E-state index contributed by atoms with van der Waals surface area (Å²) in [6.07, 6.45) is -3.03. The Morgan fingerprint density at radius 3 is 2.78 bits per heavy atom. The van der Waals surface area contributed by atoms with E-state index in [0.29, 0.717) is 29.8 Å². The SMILES string of the molecule is COc1cc2nn(C[C@H]3COC(C)(C)O3)cc2cc1NC(=O)c1cccc(C(F)(F)F)n1. The average molecular weight is 450 g/mol. The number of amides is 1. The van der Waals surface area contributed by atoms with Gasteiger partial charge in [-0.3, -0.25) is 9.48 Å². The van der Waals surface area contributed by atoms with E-state index in [4.69, 9.17) is 14.2 Å². The highest BCUT2D eigenvalue weighted by atomic mass is 19.4.